The fourth-order valence-corrected chi connectivity index (χ4v) is 3.55. The summed E-state index contributed by atoms with van der Waals surface area (Å²) in [6.45, 7) is 4.20. The number of carbonyl (C=O) groups is 1. The summed E-state index contributed by atoms with van der Waals surface area (Å²) in [6.07, 6.45) is 8.73. The van der Waals surface area contributed by atoms with E-state index in [1.807, 2.05) is 0 Å². The predicted molar refractivity (Wildman–Crippen MR) is 68.0 cm³/mol. The molecule has 0 unspecified atom stereocenters. The Bertz CT molecular complexity index is 263. The lowest BCUT2D eigenvalue weighted by atomic mass is 9.74. The van der Waals surface area contributed by atoms with Crippen molar-refractivity contribution in [2.45, 2.75) is 63.8 Å². The van der Waals surface area contributed by atoms with E-state index in [9.17, 15) is 9.90 Å². The summed E-state index contributed by atoms with van der Waals surface area (Å²) >= 11 is 0. The third-order valence-electron chi connectivity index (χ3n) is 4.87. The second kappa shape index (κ2) is 5.38. The molecule has 0 aromatic rings. The maximum absolute atomic E-state index is 11.7. The quantitative estimate of drug-likeness (QED) is 0.823. The molecule has 0 bridgehead atoms. The van der Waals surface area contributed by atoms with Gasteiger partial charge in [-0.15, -0.1) is 0 Å². The molecule has 3 heteroatoms. The van der Waals surface area contributed by atoms with Crippen molar-refractivity contribution in [1.82, 2.24) is 4.90 Å². The standard InChI is InChI=1S/C14H25NO2/c1-2-12-6-8-14(9-7-12,13(16)17)15-10-4-3-5-11-15/h12H,2-11H2,1H3,(H,16,17). The summed E-state index contributed by atoms with van der Waals surface area (Å²) in [4.78, 5) is 14.0. The van der Waals surface area contributed by atoms with Crippen LogP contribution in [0, 0.1) is 5.92 Å². The fourth-order valence-electron chi connectivity index (χ4n) is 3.55. The topological polar surface area (TPSA) is 40.5 Å². The Morgan fingerprint density at radius 1 is 1.24 bits per heavy atom. The van der Waals surface area contributed by atoms with Gasteiger partial charge in [0, 0.05) is 0 Å². The first kappa shape index (κ1) is 12.9. The molecule has 0 amide bonds. The number of carboxylic acid groups (broad SMARTS) is 1. The summed E-state index contributed by atoms with van der Waals surface area (Å²) in [6, 6.07) is 0. The van der Waals surface area contributed by atoms with Crippen LogP contribution in [0.3, 0.4) is 0 Å². The highest BCUT2D eigenvalue weighted by atomic mass is 16.4. The molecule has 2 fully saturated rings. The summed E-state index contributed by atoms with van der Waals surface area (Å²) in [5.74, 6) is 0.182. The first-order chi connectivity index (χ1) is 8.19. The van der Waals surface area contributed by atoms with Crippen molar-refractivity contribution in [2.24, 2.45) is 5.92 Å². The van der Waals surface area contributed by atoms with Gasteiger partial charge in [0.15, 0.2) is 0 Å². The van der Waals surface area contributed by atoms with Crippen LogP contribution in [0.5, 0.6) is 0 Å². The zero-order chi connectivity index (χ0) is 12.3. The van der Waals surface area contributed by atoms with E-state index in [1.54, 1.807) is 0 Å². The number of piperidine rings is 1. The van der Waals surface area contributed by atoms with Crippen molar-refractivity contribution < 1.29 is 9.90 Å². The van der Waals surface area contributed by atoms with Crippen molar-refractivity contribution in [3.05, 3.63) is 0 Å². The van der Waals surface area contributed by atoms with E-state index in [4.69, 9.17) is 0 Å². The van der Waals surface area contributed by atoms with Gasteiger partial charge in [-0.25, -0.2) is 0 Å². The first-order valence-electron chi connectivity index (χ1n) is 7.17. The van der Waals surface area contributed by atoms with Crippen LogP contribution in [-0.4, -0.2) is 34.6 Å². The van der Waals surface area contributed by atoms with Crippen LogP contribution in [0.2, 0.25) is 0 Å². The molecule has 1 N–H and O–H groups in total. The maximum atomic E-state index is 11.7. The molecule has 0 spiro atoms. The van der Waals surface area contributed by atoms with Crippen LogP contribution in [-0.2, 0) is 4.79 Å². The van der Waals surface area contributed by atoms with Crippen molar-refractivity contribution in [3.63, 3.8) is 0 Å². The molecule has 2 aliphatic rings. The van der Waals surface area contributed by atoms with Crippen molar-refractivity contribution in [2.75, 3.05) is 13.1 Å². The molecule has 0 aromatic heterocycles. The Balaban J connectivity index is 2.07. The Morgan fingerprint density at radius 2 is 1.82 bits per heavy atom. The summed E-state index contributed by atoms with van der Waals surface area (Å²) in [5, 5.41) is 9.66. The SMILES string of the molecule is CCC1CCC(C(=O)O)(N2CCCCC2)CC1. The molecule has 17 heavy (non-hydrogen) atoms. The molecule has 1 aliphatic heterocycles. The van der Waals surface area contributed by atoms with E-state index in [1.165, 1.54) is 25.7 Å². The smallest absolute Gasteiger partial charge is 0.324 e. The molecule has 1 aliphatic carbocycles. The normalized spacial score (nSPS) is 35.7. The lowest BCUT2D eigenvalue weighted by Gasteiger charge is -2.46. The monoisotopic (exact) mass is 239 g/mol. The third kappa shape index (κ3) is 2.49. The van der Waals surface area contributed by atoms with Crippen LogP contribution in [0.15, 0.2) is 0 Å². The molecular formula is C14H25NO2. The van der Waals surface area contributed by atoms with Gasteiger partial charge in [0.05, 0.1) is 0 Å². The zero-order valence-corrected chi connectivity index (χ0v) is 11.0. The average molecular weight is 239 g/mol. The van der Waals surface area contributed by atoms with E-state index < -0.39 is 11.5 Å². The molecule has 1 saturated carbocycles. The number of rotatable bonds is 3. The van der Waals surface area contributed by atoms with Gasteiger partial charge in [0.2, 0.25) is 0 Å². The van der Waals surface area contributed by atoms with E-state index >= 15 is 0 Å². The van der Waals surface area contributed by atoms with E-state index in [-0.39, 0.29) is 0 Å². The van der Waals surface area contributed by atoms with Gasteiger partial charge in [-0.3, -0.25) is 9.69 Å². The molecule has 0 atom stereocenters. The lowest BCUT2D eigenvalue weighted by Crippen LogP contribution is -2.57. The highest BCUT2D eigenvalue weighted by Crippen LogP contribution is 2.39. The molecule has 3 nitrogen and oxygen atoms in total. The highest BCUT2D eigenvalue weighted by Gasteiger charge is 2.46. The Morgan fingerprint density at radius 3 is 2.29 bits per heavy atom. The van der Waals surface area contributed by atoms with Gasteiger partial charge in [0.25, 0.3) is 0 Å². The van der Waals surface area contributed by atoms with Crippen LogP contribution in [0.1, 0.15) is 58.3 Å². The number of hydrogen-bond donors (Lipinski definition) is 1. The molecule has 98 valence electrons. The molecule has 0 aromatic carbocycles. The molecule has 1 saturated heterocycles. The van der Waals surface area contributed by atoms with Crippen molar-refractivity contribution in [3.8, 4) is 0 Å². The Labute approximate surface area is 104 Å². The maximum Gasteiger partial charge on any atom is 0.324 e. The minimum atomic E-state index is -0.575. The Hall–Kier alpha value is -0.570. The van der Waals surface area contributed by atoms with Gasteiger partial charge >= 0.3 is 5.97 Å². The van der Waals surface area contributed by atoms with Crippen LogP contribution in [0.25, 0.3) is 0 Å². The van der Waals surface area contributed by atoms with E-state index in [0.717, 1.165) is 44.7 Å². The Kier molecular flexibility index (Phi) is 4.08. The summed E-state index contributed by atoms with van der Waals surface area (Å²) < 4.78 is 0. The second-order valence-corrected chi connectivity index (χ2v) is 5.74. The molecule has 0 radical (unpaired) electrons. The average Bonchev–Trinajstić information content (AvgIpc) is 2.39. The minimum Gasteiger partial charge on any atom is -0.480 e. The second-order valence-electron chi connectivity index (χ2n) is 5.74. The summed E-state index contributed by atoms with van der Waals surface area (Å²) in [5.41, 5.74) is -0.522. The number of aliphatic carboxylic acids is 1. The van der Waals surface area contributed by atoms with Crippen LogP contribution in [0.4, 0.5) is 0 Å². The zero-order valence-electron chi connectivity index (χ0n) is 11.0. The number of likely N-dealkylation sites (tertiary alicyclic amines) is 1. The minimum absolute atomic E-state index is 0.522. The molecule has 2 rings (SSSR count). The van der Waals surface area contributed by atoms with E-state index in [0.29, 0.717) is 0 Å². The van der Waals surface area contributed by atoms with Gasteiger partial charge in [-0.05, 0) is 57.5 Å². The first-order valence-corrected chi connectivity index (χ1v) is 7.17. The highest BCUT2D eigenvalue weighted by molar-refractivity contribution is 5.79. The fraction of sp³-hybridized carbons (Fsp3) is 0.929. The third-order valence-corrected chi connectivity index (χ3v) is 4.87. The molecular weight excluding hydrogens is 214 g/mol. The van der Waals surface area contributed by atoms with Crippen molar-refractivity contribution >= 4 is 5.97 Å². The number of carboxylic acids is 1. The summed E-state index contributed by atoms with van der Waals surface area (Å²) in [7, 11) is 0. The van der Waals surface area contributed by atoms with Crippen LogP contribution >= 0.6 is 0 Å². The van der Waals surface area contributed by atoms with Gasteiger partial charge in [-0.2, -0.15) is 0 Å². The number of nitrogens with zero attached hydrogens (tertiary/aromatic N) is 1. The van der Waals surface area contributed by atoms with Crippen LogP contribution < -0.4 is 0 Å². The number of hydrogen-bond acceptors (Lipinski definition) is 2. The van der Waals surface area contributed by atoms with Gasteiger partial charge < -0.3 is 5.11 Å². The van der Waals surface area contributed by atoms with Gasteiger partial charge in [-0.1, -0.05) is 19.8 Å². The van der Waals surface area contributed by atoms with E-state index in [2.05, 4.69) is 11.8 Å². The van der Waals surface area contributed by atoms with Crippen molar-refractivity contribution in [1.29, 1.82) is 0 Å². The molecule has 1 heterocycles. The largest absolute Gasteiger partial charge is 0.480 e. The lowest BCUT2D eigenvalue weighted by molar-refractivity contribution is -0.156. The predicted octanol–water partition coefficient (Wildman–Crippen LogP) is 2.90. The van der Waals surface area contributed by atoms with Gasteiger partial charge in [0.1, 0.15) is 5.54 Å².